The van der Waals surface area contributed by atoms with E-state index in [1.54, 1.807) is 43.4 Å². The number of amides is 2. The molecule has 3 rings (SSSR count). The van der Waals surface area contributed by atoms with E-state index in [-0.39, 0.29) is 24.0 Å². The molecule has 0 aromatic heterocycles. The van der Waals surface area contributed by atoms with E-state index in [0.717, 1.165) is 5.69 Å². The predicted octanol–water partition coefficient (Wildman–Crippen LogP) is 1.72. The van der Waals surface area contributed by atoms with Crippen LogP contribution < -0.4 is 15.5 Å². The van der Waals surface area contributed by atoms with Crippen molar-refractivity contribution in [2.24, 2.45) is 0 Å². The Balaban J connectivity index is 1.49. The minimum Gasteiger partial charge on any atom is -0.369 e. The van der Waals surface area contributed by atoms with Crippen molar-refractivity contribution in [3.8, 4) is 0 Å². The number of carbonyl (C=O) groups is 2. The van der Waals surface area contributed by atoms with E-state index in [1.807, 2.05) is 11.0 Å². The van der Waals surface area contributed by atoms with Gasteiger partial charge in [-0.15, -0.1) is 0 Å². The third kappa shape index (κ3) is 5.29. The number of hydrogen-bond acceptors (Lipinski definition) is 6. The number of hydrogen-bond donors (Lipinski definition) is 2. The van der Waals surface area contributed by atoms with Crippen LogP contribution >= 0.6 is 0 Å². The summed E-state index contributed by atoms with van der Waals surface area (Å²) >= 11 is 0. The Bertz CT molecular complexity index is 892. The quantitative estimate of drug-likeness (QED) is 0.568. The molecule has 1 aliphatic heterocycles. The van der Waals surface area contributed by atoms with Crippen molar-refractivity contribution in [2.75, 3.05) is 50.0 Å². The molecule has 2 aromatic rings. The molecule has 29 heavy (non-hydrogen) atoms. The third-order valence-electron chi connectivity index (χ3n) is 4.80. The fourth-order valence-corrected chi connectivity index (χ4v) is 3.22. The van der Waals surface area contributed by atoms with Crippen LogP contribution in [0.1, 0.15) is 10.4 Å². The van der Waals surface area contributed by atoms with Gasteiger partial charge < -0.3 is 15.5 Å². The number of carbonyl (C=O) groups excluding carboxylic acids is 2. The third-order valence-corrected chi connectivity index (χ3v) is 4.80. The van der Waals surface area contributed by atoms with Gasteiger partial charge in [0.05, 0.1) is 11.5 Å². The minimum absolute atomic E-state index is 0.0757. The van der Waals surface area contributed by atoms with E-state index >= 15 is 0 Å². The molecular formula is C20H23N5O4. The lowest BCUT2D eigenvalue weighted by Crippen LogP contribution is -2.48. The standard InChI is InChI=1S/C20H23N5O4/c1-21-20(27)15-5-7-16(8-6-15)22-19(26)14-23-9-11-24(12-10-23)17-3-2-4-18(13-17)25(28)29/h2-8,13H,9-12,14H2,1H3,(H,21,27)(H,22,26). The summed E-state index contributed by atoms with van der Waals surface area (Å²) in [5, 5.41) is 16.3. The van der Waals surface area contributed by atoms with Crippen LogP contribution in [-0.2, 0) is 4.79 Å². The van der Waals surface area contributed by atoms with Crippen molar-refractivity contribution < 1.29 is 14.5 Å². The first-order valence-corrected chi connectivity index (χ1v) is 9.30. The first-order chi connectivity index (χ1) is 14.0. The monoisotopic (exact) mass is 397 g/mol. The van der Waals surface area contributed by atoms with Crippen LogP contribution in [-0.4, -0.2) is 61.4 Å². The lowest BCUT2D eigenvalue weighted by atomic mass is 10.2. The van der Waals surface area contributed by atoms with Crippen LogP contribution in [0.5, 0.6) is 0 Å². The molecular weight excluding hydrogens is 374 g/mol. The second-order valence-electron chi connectivity index (χ2n) is 6.74. The number of nitrogens with zero attached hydrogens (tertiary/aromatic N) is 3. The molecule has 0 unspecified atom stereocenters. The van der Waals surface area contributed by atoms with Crippen molar-refractivity contribution in [1.82, 2.24) is 10.2 Å². The van der Waals surface area contributed by atoms with Gasteiger partial charge in [-0.1, -0.05) is 6.07 Å². The van der Waals surface area contributed by atoms with Crippen LogP contribution in [0.15, 0.2) is 48.5 Å². The maximum absolute atomic E-state index is 12.3. The molecule has 0 spiro atoms. The average Bonchev–Trinajstić information content (AvgIpc) is 2.74. The number of nitrogens with one attached hydrogen (secondary N) is 2. The Morgan fingerprint density at radius 1 is 1.07 bits per heavy atom. The summed E-state index contributed by atoms with van der Waals surface area (Å²) < 4.78 is 0. The molecule has 0 bridgehead atoms. The molecule has 0 saturated carbocycles. The topological polar surface area (TPSA) is 108 Å². The van der Waals surface area contributed by atoms with Gasteiger partial charge in [0.15, 0.2) is 0 Å². The van der Waals surface area contributed by atoms with E-state index in [1.165, 1.54) is 6.07 Å². The number of benzene rings is 2. The molecule has 2 amide bonds. The zero-order chi connectivity index (χ0) is 20.8. The highest BCUT2D eigenvalue weighted by Gasteiger charge is 2.20. The predicted molar refractivity (Wildman–Crippen MR) is 110 cm³/mol. The molecule has 9 nitrogen and oxygen atoms in total. The second kappa shape index (κ2) is 9.16. The van der Waals surface area contributed by atoms with Gasteiger partial charge in [-0.05, 0) is 30.3 Å². The molecule has 0 radical (unpaired) electrons. The number of non-ortho nitro benzene ring substituents is 1. The number of rotatable bonds is 6. The molecule has 1 aliphatic rings. The lowest BCUT2D eigenvalue weighted by molar-refractivity contribution is -0.384. The van der Waals surface area contributed by atoms with Crippen molar-refractivity contribution in [3.63, 3.8) is 0 Å². The average molecular weight is 397 g/mol. The molecule has 2 aromatic carbocycles. The first-order valence-electron chi connectivity index (χ1n) is 9.30. The van der Waals surface area contributed by atoms with Crippen LogP contribution in [0.3, 0.4) is 0 Å². The molecule has 152 valence electrons. The summed E-state index contributed by atoms with van der Waals surface area (Å²) in [6, 6.07) is 13.3. The minimum atomic E-state index is -0.398. The maximum Gasteiger partial charge on any atom is 0.271 e. The number of nitro groups is 1. The Hall–Kier alpha value is -3.46. The lowest BCUT2D eigenvalue weighted by Gasteiger charge is -2.35. The van der Waals surface area contributed by atoms with E-state index in [4.69, 9.17) is 0 Å². The summed E-state index contributed by atoms with van der Waals surface area (Å²) in [5.41, 5.74) is 2.06. The Morgan fingerprint density at radius 2 is 1.76 bits per heavy atom. The Kier molecular flexibility index (Phi) is 6.40. The van der Waals surface area contributed by atoms with E-state index in [2.05, 4.69) is 15.5 Å². The van der Waals surface area contributed by atoms with Gasteiger partial charge in [-0.25, -0.2) is 0 Å². The van der Waals surface area contributed by atoms with Crippen molar-refractivity contribution in [1.29, 1.82) is 0 Å². The second-order valence-corrected chi connectivity index (χ2v) is 6.74. The summed E-state index contributed by atoms with van der Waals surface area (Å²) in [6.07, 6.45) is 0. The molecule has 0 aliphatic carbocycles. The van der Waals surface area contributed by atoms with E-state index < -0.39 is 4.92 Å². The largest absolute Gasteiger partial charge is 0.369 e. The molecule has 9 heteroatoms. The summed E-state index contributed by atoms with van der Waals surface area (Å²) in [4.78, 5) is 38.5. The normalized spacial score (nSPS) is 14.3. The number of nitro benzene ring substituents is 1. The summed E-state index contributed by atoms with van der Waals surface area (Å²) in [5.74, 6) is -0.300. The van der Waals surface area contributed by atoms with Gasteiger partial charge in [0, 0.05) is 62.3 Å². The molecule has 1 heterocycles. The van der Waals surface area contributed by atoms with Gasteiger partial charge in [0.25, 0.3) is 11.6 Å². The van der Waals surface area contributed by atoms with Crippen LogP contribution in [0, 0.1) is 10.1 Å². The highest BCUT2D eigenvalue weighted by molar-refractivity contribution is 5.96. The fourth-order valence-electron chi connectivity index (χ4n) is 3.22. The molecule has 0 atom stereocenters. The molecule has 2 N–H and O–H groups in total. The zero-order valence-corrected chi connectivity index (χ0v) is 16.1. The Morgan fingerprint density at radius 3 is 2.38 bits per heavy atom. The number of piperazine rings is 1. The van der Waals surface area contributed by atoms with E-state index in [9.17, 15) is 19.7 Å². The summed E-state index contributed by atoms with van der Waals surface area (Å²) in [7, 11) is 1.57. The van der Waals surface area contributed by atoms with Gasteiger partial charge in [-0.2, -0.15) is 0 Å². The molecule has 1 fully saturated rings. The SMILES string of the molecule is CNC(=O)c1ccc(NC(=O)CN2CCN(c3cccc([N+](=O)[O-])c3)CC2)cc1. The van der Waals surface area contributed by atoms with Gasteiger partial charge in [-0.3, -0.25) is 24.6 Å². The zero-order valence-electron chi connectivity index (χ0n) is 16.1. The van der Waals surface area contributed by atoms with Crippen LogP contribution in [0.2, 0.25) is 0 Å². The molecule has 1 saturated heterocycles. The highest BCUT2D eigenvalue weighted by atomic mass is 16.6. The van der Waals surface area contributed by atoms with Crippen molar-refractivity contribution in [3.05, 3.63) is 64.2 Å². The van der Waals surface area contributed by atoms with Gasteiger partial charge in [0.1, 0.15) is 0 Å². The van der Waals surface area contributed by atoms with Crippen molar-refractivity contribution in [2.45, 2.75) is 0 Å². The summed E-state index contributed by atoms with van der Waals surface area (Å²) in [6.45, 7) is 3.02. The van der Waals surface area contributed by atoms with Crippen LogP contribution in [0.25, 0.3) is 0 Å². The van der Waals surface area contributed by atoms with E-state index in [0.29, 0.717) is 37.4 Å². The van der Waals surface area contributed by atoms with Crippen LogP contribution in [0.4, 0.5) is 17.1 Å². The fraction of sp³-hybridized carbons (Fsp3) is 0.300. The Labute approximate surface area is 168 Å². The maximum atomic E-state index is 12.3. The number of anilines is 2. The smallest absolute Gasteiger partial charge is 0.271 e. The van der Waals surface area contributed by atoms with Gasteiger partial charge >= 0.3 is 0 Å². The highest BCUT2D eigenvalue weighted by Crippen LogP contribution is 2.22. The first kappa shape index (κ1) is 20.3. The van der Waals surface area contributed by atoms with Gasteiger partial charge in [0.2, 0.25) is 5.91 Å². The van der Waals surface area contributed by atoms with Crippen molar-refractivity contribution >= 4 is 28.9 Å².